The summed E-state index contributed by atoms with van der Waals surface area (Å²) in [4.78, 5) is 14.2. The molecule has 0 bridgehead atoms. The Morgan fingerprint density at radius 2 is 1.92 bits per heavy atom. The van der Waals surface area contributed by atoms with Gasteiger partial charge < -0.3 is 14.7 Å². The molecule has 1 heterocycles. The van der Waals surface area contributed by atoms with E-state index in [4.69, 9.17) is 4.74 Å². The Bertz CT molecular complexity index is 777. The van der Waals surface area contributed by atoms with Crippen molar-refractivity contribution in [2.24, 2.45) is 0 Å². The molecule has 1 atom stereocenters. The van der Waals surface area contributed by atoms with E-state index >= 15 is 0 Å². The maximum absolute atomic E-state index is 12.7. The monoisotopic (exact) mass is 365 g/mol. The highest BCUT2D eigenvalue weighted by molar-refractivity contribution is 5.95. The number of rotatable bonds is 3. The first kappa shape index (κ1) is 18.4. The number of fused-ring (bicyclic) bond motifs is 1. The smallest absolute Gasteiger partial charge is 0.379 e. The van der Waals surface area contributed by atoms with Crippen LogP contribution in [0.5, 0.6) is 0 Å². The number of halogens is 3. The molecule has 0 aromatic heterocycles. The van der Waals surface area contributed by atoms with E-state index in [-0.39, 0.29) is 31.1 Å². The molecule has 2 aromatic rings. The van der Waals surface area contributed by atoms with E-state index in [0.717, 1.165) is 5.56 Å². The van der Waals surface area contributed by atoms with Crippen molar-refractivity contribution < 1.29 is 27.8 Å². The molecule has 7 heteroatoms. The van der Waals surface area contributed by atoms with Crippen molar-refractivity contribution in [2.75, 3.05) is 18.1 Å². The van der Waals surface area contributed by atoms with Gasteiger partial charge in [0.05, 0.1) is 19.6 Å². The lowest BCUT2D eigenvalue weighted by Crippen LogP contribution is -2.34. The number of aliphatic hydroxyl groups excluding tert-OH is 1. The summed E-state index contributed by atoms with van der Waals surface area (Å²) in [5.41, 5.74) is 1.55. The Morgan fingerprint density at radius 1 is 1.19 bits per heavy atom. The highest BCUT2D eigenvalue weighted by Crippen LogP contribution is 2.35. The van der Waals surface area contributed by atoms with Crippen LogP contribution in [0.1, 0.15) is 22.8 Å². The Balaban J connectivity index is 1.87. The van der Waals surface area contributed by atoms with Crippen LogP contribution in [0.3, 0.4) is 0 Å². The fourth-order valence-corrected chi connectivity index (χ4v) is 2.93. The summed E-state index contributed by atoms with van der Waals surface area (Å²) in [5, 5.41) is 9.45. The maximum Gasteiger partial charge on any atom is 0.418 e. The number of anilines is 1. The van der Waals surface area contributed by atoms with E-state index in [1.807, 2.05) is 30.3 Å². The third-order valence-corrected chi connectivity index (χ3v) is 4.24. The second-order valence-electron chi connectivity index (χ2n) is 6.09. The molecule has 0 spiro atoms. The number of amides is 1. The second-order valence-corrected chi connectivity index (χ2v) is 6.09. The Kier molecular flexibility index (Phi) is 5.29. The lowest BCUT2D eigenvalue weighted by atomic mass is 10.0. The highest BCUT2D eigenvalue weighted by atomic mass is 19.4. The normalized spacial score (nSPS) is 15.9. The molecule has 2 aromatic carbocycles. The predicted octanol–water partition coefficient (Wildman–Crippen LogP) is 3.39. The predicted molar refractivity (Wildman–Crippen MR) is 89.6 cm³/mol. The van der Waals surface area contributed by atoms with Gasteiger partial charge in [0.15, 0.2) is 6.10 Å². The van der Waals surface area contributed by atoms with Crippen LogP contribution in [-0.2, 0) is 22.6 Å². The summed E-state index contributed by atoms with van der Waals surface area (Å²) in [6.07, 6.45) is -7.12. The number of carbonyl (C=O) groups is 1. The summed E-state index contributed by atoms with van der Waals surface area (Å²) in [6.45, 7) is 0.690. The van der Waals surface area contributed by atoms with Gasteiger partial charge in [-0.15, -0.1) is 0 Å². The lowest BCUT2D eigenvalue weighted by molar-refractivity contribution is -0.206. The van der Waals surface area contributed by atoms with Gasteiger partial charge in [0.1, 0.15) is 0 Å². The molecular weight excluding hydrogens is 347 g/mol. The van der Waals surface area contributed by atoms with Crippen molar-refractivity contribution in [1.29, 1.82) is 0 Å². The van der Waals surface area contributed by atoms with Crippen LogP contribution >= 0.6 is 0 Å². The minimum Gasteiger partial charge on any atom is -0.379 e. The molecule has 3 rings (SSSR count). The summed E-state index contributed by atoms with van der Waals surface area (Å²) >= 11 is 0. The number of nitrogens with zero attached hydrogens (tertiary/aromatic N) is 1. The Hall–Kier alpha value is -2.38. The molecule has 138 valence electrons. The van der Waals surface area contributed by atoms with Gasteiger partial charge in [-0.2, -0.15) is 13.2 Å². The van der Waals surface area contributed by atoms with Crippen LogP contribution in [0.25, 0.3) is 0 Å². The van der Waals surface area contributed by atoms with Crippen molar-refractivity contribution in [3.8, 4) is 0 Å². The van der Waals surface area contributed by atoms with Crippen LogP contribution in [0.15, 0.2) is 48.5 Å². The number of ether oxygens (including phenoxy) is 1. The second kappa shape index (κ2) is 7.47. The maximum atomic E-state index is 12.7. The van der Waals surface area contributed by atoms with E-state index in [0.29, 0.717) is 17.8 Å². The average Bonchev–Trinajstić information content (AvgIpc) is 2.83. The first-order valence-electron chi connectivity index (χ1n) is 8.16. The van der Waals surface area contributed by atoms with Gasteiger partial charge in [-0.05, 0) is 23.3 Å². The molecule has 1 amide bonds. The molecule has 1 aliphatic heterocycles. The summed E-state index contributed by atoms with van der Waals surface area (Å²) in [7, 11) is 0. The number of benzene rings is 2. The number of carbonyl (C=O) groups excluding carboxylic acids is 1. The highest BCUT2D eigenvalue weighted by Gasteiger charge is 2.39. The molecule has 0 saturated carbocycles. The van der Waals surface area contributed by atoms with E-state index in [9.17, 15) is 23.1 Å². The fourth-order valence-electron chi connectivity index (χ4n) is 2.93. The molecule has 0 aliphatic carbocycles. The topological polar surface area (TPSA) is 49.8 Å². The molecule has 1 aliphatic rings. The third kappa shape index (κ3) is 4.05. The zero-order valence-corrected chi connectivity index (χ0v) is 13.9. The molecule has 26 heavy (non-hydrogen) atoms. The summed E-state index contributed by atoms with van der Waals surface area (Å²) in [6, 6.07) is 13.1. The van der Waals surface area contributed by atoms with E-state index < -0.39 is 12.3 Å². The van der Waals surface area contributed by atoms with E-state index in [1.54, 1.807) is 0 Å². The summed E-state index contributed by atoms with van der Waals surface area (Å²) < 4.78 is 43.7. The van der Waals surface area contributed by atoms with Crippen LogP contribution < -0.4 is 4.90 Å². The van der Waals surface area contributed by atoms with Gasteiger partial charge in [-0.1, -0.05) is 36.4 Å². The Labute approximate surface area is 148 Å². The number of hydrogen-bond acceptors (Lipinski definition) is 3. The van der Waals surface area contributed by atoms with Crippen LogP contribution in [0, 0.1) is 0 Å². The van der Waals surface area contributed by atoms with Gasteiger partial charge in [-0.3, -0.25) is 4.79 Å². The van der Waals surface area contributed by atoms with E-state index in [1.165, 1.54) is 23.1 Å². The molecule has 4 nitrogen and oxygen atoms in total. The van der Waals surface area contributed by atoms with Gasteiger partial charge in [0, 0.05) is 17.8 Å². The van der Waals surface area contributed by atoms with Crippen LogP contribution in [0.4, 0.5) is 18.9 Å². The molecule has 0 radical (unpaired) electrons. The van der Waals surface area contributed by atoms with Crippen molar-refractivity contribution >= 4 is 11.6 Å². The van der Waals surface area contributed by atoms with Crippen molar-refractivity contribution in [3.63, 3.8) is 0 Å². The van der Waals surface area contributed by atoms with Gasteiger partial charge >= 0.3 is 6.18 Å². The molecule has 1 N–H and O–H groups in total. The van der Waals surface area contributed by atoms with Gasteiger partial charge in [0.2, 0.25) is 5.91 Å². The molecule has 0 fully saturated rings. The number of aliphatic hydroxyl groups is 1. The van der Waals surface area contributed by atoms with Crippen LogP contribution in [-0.4, -0.2) is 30.3 Å². The minimum atomic E-state index is -4.75. The van der Waals surface area contributed by atoms with Crippen LogP contribution in [0.2, 0.25) is 0 Å². The number of alkyl halides is 3. The third-order valence-electron chi connectivity index (χ3n) is 4.24. The Morgan fingerprint density at radius 3 is 2.62 bits per heavy atom. The zero-order chi connectivity index (χ0) is 18.7. The fraction of sp³-hybridized carbons (Fsp3) is 0.316. The SMILES string of the molecule is O=C(Cc1ccccc1)N1CCOCc2cc(C(O)C(F)(F)F)ccc21. The summed E-state index contributed by atoms with van der Waals surface area (Å²) in [5.74, 6) is -0.160. The van der Waals surface area contributed by atoms with Crippen molar-refractivity contribution in [2.45, 2.75) is 25.3 Å². The first-order chi connectivity index (χ1) is 12.4. The molecular formula is C19H18F3NO3. The van der Waals surface area contributed by atoms with Crippen molar-refractivity contribution in [1.82, 2.24) is 0 Å². The van der Waals surface area contributed by atoms with Gasteiger partial charge in [0.25, 0.3) is 0 Å². The standard InChI is InChI=1S/C19H18F3NO3/c20-19(21,22)18(25)14-6-7-16-15(11-14)12-26-9-8-23(16)17(24)10-13-4-2-1-3-5-13/h1-7,11,18,25H,8-10,12H2. The van der Waals surface area contributed by atoms with Crippen molar-refractivity contribution in [3.05, 3.63) is 65.2 Å². The zero-order valence-electron chi connectivity index (χ0n) is 13.9. The van der Waals surface area contributed by atoms with E-state index in [2.05, 4.69) is 0 Å². The van der Waals surface area contributed by atoms with Gasteiger partial charge in [-0.25, -0.2) is 0 Å². The molecule has 1 unspecified atom stereocenters. The lowest BCUT2D eigenvalue weighted by Gasteiger charge is -2.23. The quantitative estimate of drug-likeness (QED) is 0.907. The molecule has 0 saturated heterocycles. The number of hydrogen-bond donors (Lipinski definition) is 1. The first-order valence-corrected chi connectivity index (χ1v) is 8.16. The average molecular weight is 365 g/mol. The minimum absolute atomic E-state index is 0.0862. The largest absolute Gasteiger partial charge is 0.418 e.